The van der Waals surface area contributed by atoms with Crippen LogP contribution in [0.1, 0.15) is 33.9 Å². The van der Waals surface area contributed by atoms with Crippen molar-refractivity contribution in [2.75, 3.05) is 13.2 Å². The van der Waals surface area contributed by atoms with E-state index in [-0.39, 0.29) is 0 Å². The number of nitrogens with one attached hydrogen (secondary N) is 1. The number of carbonyl (C=O) groups excluding carboxylic acids is 4. The number of aromatic amines is 1. The summed E-state index contributed by atoms with van der Waals surface area (Å²) in [7, 11) is -5.77. The van der Waals surface area contributed by atoms with Crippen LogP contribution < -0.4 is 11.2 Å². The van der Waals surface area contributed by atoms with Crippen molar-refractivity contribution in [1.29, 1.82) is 0 Å². The molecular weight excluding hydrogens is 796 g/mol. The minimum absolute atomic E-state index is 0.748. The average molecular weight is 832 g/mol. The van der Waals surface area contributed by atoms with E-state index in [1.165, 1.54) is 0 Å². The molecule has 0 aliphatic carbocycles. The summed E-state index contributed by atoms with van der Waals surface area (Å²) >= 11 is 4.82. The highest BCUT2D eigenvalue weighted by Gasteiger charge is 2.57. The number of aliphatic hydroxyl groups is 2. The van der Waals surface area contributed by atoms with Gasteiger partial charge in [-0.15, -0.1) is 6.58 Å². The standard InChI is InChI=1S/C26H35N5O20P2S/c1-6-26(29-30-27)22(38)16(48-24(26)31-8-7-17(36)28-25(31)39)10-44-53(42,54)51-52(40,41)50-23-21(47-14(5)35)18(37)20(46-13(4)34)19(49-23)15(45-12(3)33)9-43-11(2)32/h6-8,15-16,18-24,37-38H,1,9-10H2,2-5H3,(H,40,41)(H,42,54)(H,28,36,39)/t15-,16+,18?,19?,20?,21?,22+,23?,24+,26+,53?/m0/s1. The number of hydrogen-bond acceptors (Lipinski definition) is 20. The lowest BCUT2D eigenvalue weighted by molar-refractivity contribution is -0.299. The third kappa shape index (κ3) is 11.1. The Bertz CT molecular complexity index is 1870. The van der Waals surface area contributed by atoms with Gasteiger partial charge in [-0.2, -0.15) is 0 Å². The van der Waals surface area contributed by atoms with E-state index in [1.54, 1.807) is 0 Å². The van der Waals surface area contributed by atoms with Gasteiger partial charge in [0.1, 0.15) is 36.6 Å². The van der Waals surface area contributed by atoms with E-state index in [0.717, 1.165) is 50.6 Å². The predicted octanol–water partition coefficient (Wildman–Crippen LogP) is -1.16. The second-order valence-corrected chi connectivity index (χ2v) is 15.6. The number of ether oxygens (including phenoxy) is 6. The number of phosphoric acid groups is 1. The summed E-state index contributed by atoms with van der Waals surface area (Å²) in [5, 5.41) is 25.7. The Balaban J connectivity index is 1.88. The van der Waals surface area contributed by atoms with Crippen LogP contribution in [0.4, 0.5) is 0 Å². The molecule has 3 rings (SSSR count). The van der Waals surface area contributed by atoms with Crippen LogP contribution in [0.3, 0.4) is 0 Å². The van der Waals surface area contributed by atoms with Crippen LogP contribution in [0.15, 0.2) is 39.6 Å². The quantitative estimate of drug-likeness (QED) is 0.0249. The number of azide groups is 1. The van der Waals surface area contributed by atoms with Crippen LogP contribution in [-0.4, -0.2) is 121 Å². The zero-order chi connectivity index (χ0) is 40.8. The molecule has 0 saturated carbocycles. The van der Waals surface area contributed by atoms with Gasteiger partial charge in [-0.05, 0) is 17.3 Å². The second-order valence-electron chi connectivity index (χ2n) is 11.2. The molecule has 0 spiro atoms. The van der Waals surface area contributed by atoms with Crippen molar-refractivity contribution in [3.8, 4) is 0 Å². The summed E-state index contributed by atoms with van der Waals surface area (Å²) < 4.78 is 60.1. The van der Waals surface area contributed by atoms with Gasteiger partial charge < -0.3 is 52.9 Å². The maximum Gasteiger partial charge on any atom is 0.481 e. The molecule has 0 radical (unpaired) electrons. The third-order valence-electron chi connectivity index (χ3n) is 7.31. The SMILES string of the molecule is C=C[C@@]1(N=[N+]=[N-])[C@H](O)[C@@H](COP(O)(=S)OP(=O)(O)OC2OC([C@H](COC(C)=O)OC(C)=O)C(OC(C)=O)C(O)C2OC(C)=O)O[C@H]1n1ccc(=O)[nH]c1=O. The molecule has 2 aliphatic rings. The normalized spacial score (nSPS) is 30.7. The Morgan fingerprint density at radius 3 is 2.28 bits per heavy atom. The number of phosphoric ester groups is 1. The lowest BCUT2D eigenvalue weighted by Crippen LogP contribution is -2.64. The van der Waals surface area contributed by atoms with Gasteiger partial charge in [0.15, 0.2) is 24.5 Å². The Kier molecular flexibility index (Phi) is 15.0. The molecule has 1 aromatic rings. The van der Waals surface area contributed by atoms with Crippen molar-refractivity contribution in [3.05, 3.63) is 56.2 Å². The van der Waals surface area contributed by atoms with E-state index in [4.69, 9.17) is 49.3 Å². The smallest absolute Gasteiger partial charge is 0.462 e. The molecule has 5 N–H and O–H groups in total. The molecule has 0 bridgehead atoms. The monoisotopic (exact) mass is 831 g/mol. The molecule has 0 aromatic carbocycles. The van der Waals surface area contributed by atoms with Crippen molar-refractivity contribution in [2.24, 2.45) is 5.11 Å². The first kappa shape index (κ1) is 44.5. The van der Waals surface area contributed by atoms with Crippen molar-refractivity contribution in [2.45, 2.75) is 88.5 Å². The fourth-order valence-electron chi connectivity index (χ4n) is 5.23. The zero-order valence-corrected chi connectivity index (χ0v) is 31.1. The highest BCUT2D eigenvalue weighted by atomic mass is 32.5. The number of esters is 4. The summed E-state index contributed by atoms with van der Waals surface area (Å²) in [6.45, 7) is 0.495. The first-order chi connectivity index (χ1) is 25.1. The summed E-state index contributed by atoms with van der Waals surface area (Å²) in [5.74, 6) is -4.01. The van der Waals surface area contributed by atoms with Gasteiger partial charge in [0.25, 0.3) is 5.56 Å². The molecule has 2 saturated heterocycles. The number of aromatic nitrogens is 2. The summed E-state index contributed by atoms with van der Waals surface area (Å²) in [4.78, 5) is 97.4. The first-order valence-corrected chi connectivity index (χ1v) is 19.2. The molecule has 1 aromatic heterocycles. The van der Waals surface area contributed by atoms with Crippen molar-refractivity contribution < 1.29 is 85.5 Å². The largest absolute Gasteiger partial charge is 0.481 e. The second kappa shape index (κ2) is 18.2. The molecule has 28 heteroatoms. The molecule has 25 nitrogen and oxygen atoms in total. The maximum atomic E-state index is 13.2. The fraction of sp³-hybridized carbons (Fsp3) is 0.615. The Morgan fingerprint density at radius 1 is 1.11 bits per heavy atom. The number of H-pyrrole nitrogens is 1. The minimum atomic E-state index is -5.77. The lowest BCUT2D eigenvalue weighted by Gasteiger charge is -2.44. The lowest BCUT2D eigenvalue weighted by atomic mass is 9.91. The van der Waals surface area contributed by atoms with Crippen LogP contribution in [0.5, 0.6) is 0 Å². The topological polar surface area (TPSA) is 353 Å². The molecule has 54 heavy (non-hydrogen) atoms. The Labute approximate surface area is 308 Å². The van der Waals surface area contributed by atoms with Gasteiger partial charge in [0.05, 0.1) is 6.61 Å². The summed E-state index contributed by atoms with van der Waals surface area (Å²) in [6.07, 6.45) is -15.3. The number of rotatable bonds is 16. The molecule has 2 aliphatic heterocycles. The van der Waals surface area contributed by atoms with E-state index < -0.39 is 124 Å². The van der Waals surface area contributed by atoms with Gasteiger partial charge >= 0.3 is 44.1 Å². The van der Waals surface area contributed by atoms with Gasteiger partial charge in [0.2, 0.25) is 6.29 Å². The summed E-state index contributed by atoms with van der Waals surface area (Å²) in [5.41, 5.74) is 5.22. The predicted molar refractivity (Wildman–Crippen MR) is 176 cm³/mol. The van der Waals surface area contributed by atoms with E-state index in [2.05, 4.69) is 20.9 Å². The summed E-state index contributed by atoms with van der Waals surface area (Å²) in [6, 6.07) is 0.918. The van der Waals surface area contributed by atoms with Crippen molar-refractivity contribution in [1.82, 2.24) is 9.55 Å². The van der Waals surface area contributed by atoms with Gasteiger partial charge in [-0.1, -0.05) is 11.2 Å². The molecule has 300 valence electrons. The first-order valence-electron chi connectivity index (χ1n) is 15.1. The Hall–Kier alpha value is -3.87. The molecule has 0 amide bonds. The molecule has 3 heterocycles. The van der Waals surface area contributed by atoms with Crippen LogP contribution in [0.2, 0.25) is 0 Å². The van der Waals surface area contributed by atoms with Gasteiger partial charge in [-0.3, -0.25) is 38.0 Å². The van der Waals surface area contributed by atoms with E-state index in [0.29, 0.717) is 0 Å². The van der Waals surface area contributed by atoms with Crippen molar-refractivity contribution in [3.63, 3.8) is 0 Å². The number of carbonyl (C=O) groups is 4. The third-order valence-corrected chi connectivity index (χ3v) is 10.8. The zero-order valence-electron chi connectivity index (χ0n) is 28.5. The molecule has 7 unspecified atom stereocenters. The molecule has 12 atom stereocenters. The van der Waals surface area contributed by atoms with Gasteiger partial charge in [0, 0.05) is 44.9 Å². The number of hydrogen-bond donors (Lipinski definition) is 5. The average Bonchev–Trinajstić information content (AvgIpc) is 3.31. The van der Waals surface area contributed by atoms with Crippen LogP contribution in [0.25, 0.3) is 10.4 Å². The highest BCUT2D eigenvalue weighted by molar-refractivity contribution is 8.08. The van der Waals surface area contributed by atoms with Crippen molar-refractivity contribution >= 4 is 50.2 Å². The van der Waals surface area contributed by atoms with Gasteiger partial charge in [-0.25, -0.2) is 13.7 Å². The van der Waals surface area contributed by atoms with E-state index in [1.807, 2.05) is 4.98 Å². The van der Waals surface area contributed by atoms with Crippen LogP contribution >= 0.6 is 14.5 Å². The van der Waals surface area contributed by atoms with E-state index in [9.17, 15) is 58.9 Å². The van der Waals surface area contributed by atoms with Crippen LogP contribution in [0, 0.1) is 0 Å². The maximum absolute atomic E-state index is 13.2. The van der Waals surface area contributed by atoms with E-state index >= 15 is 0 Å². The minimum Gasteiger partial charge on any atom is -0.462 e. The van der Waals surface area contributed by atoms with Crippen LogP contribution in [-0.2, 0) is 77.3 Å². The fourth-order valence-corrected chi connectivity index (χ4v) is 8.33. The molecule has 2 fully saturated rings. The molecular formula is C26H35N5O20P2S. The number of nitrogens with zero attached hydrogens (tertiary/aromatic N) is 4. The number of aliphatic hydroxyl groups excluding tert-OH is 2. The Morgan fingerprint density at radius 2 is 1.74 bits per heavy atom. The highest BCUT2D eigenvalue weighted by Crippen LogP contribution is 2.62.